The van der Waals surface area contributed by atoms with Crippen molar-refractivity contribution in [2.45, 2.75) is 58.4 Å². The van der Waals surface area contributed by atoms with Crippen molar-refractivity contribution in [2.75, 3.05) is 53.4 Å². The number of rotatable bonds is 9. The van der Waals surface area contributed by atoms with Crippen molar-refractivity contribution < 1.29 is 0 Å². The molecule has 0 spiro atoms. The van der Waals surface area contributed by atoms with Crippen LogP contribution in [-0.4, -0.2) is 74.7 Å². The summed E-state index contributed by atoms with van der Waals surface area (Å²) in [5.74, 6) is 0.916. The van der Waals surface area contributed by atoms with Crippen LogP contribution in [0.2, 0.25) is 0 Å². The number of aliphatic imine (C=N–C) groups is 1. The molecule has 5 nitrogen and oxygen atoms in total. The number of nitrogens with one attached hydrogen (secondary N) is 2. The van der Waals surface area contributed by atoms with Crippen molar-refractivity contribution in [1.82, 2.24) is 20.4 Å². The molecule has 144 valence electrons. The van der Waals surface area contributed by atoms with Crippen LogP contribution >= 0.6 is 24.0 Å². The van der Waals surface area contributed by atoms with Crippen LogP contribution in [-0.2, 0) is 0 Å². The van der Waals surface area contributed by atoms with Crippen LogP contribution in [0.1, 0.15) is 52.9 Å². The smallest absolute Gasteiger partial charge is 0.191 e. The topological polar surface area (TPSA) is 42.9 Å². The van der Waals surface area contributed by atoms with Gasteiger partial charge in [-0.05, 0) is 59.8 Å². The van der Waals surface area contributed by atoms with Gasteiger partial charge in [-0.15, -0.1) is 24.0 Å². The van der Waals surface area contributed by atoms with E-state index in [1.165, 1.54) is 51.7 Å². The summed E-state index contributed by atoms with van der Waals surface area (Å²) < 4.78 is 0. The van der Waals surface area contributed by atoms with Gasteiger partial charge >= 0.3 is 0 Å². The summed E-state index contributed by atoms with van der Waals surface area (Å²) in [5.41, 5.74) is 0.177. The number of hydrogen-bond acceptors (Lipinski definition) is 3. The van der Waals surface area contributed by atoms with Gasteiger partial charge in [0.25, 0.3) is 0 Å². The molecule has 0 aromatic rings. The summed E-state index contributed by atoms with van der Waals surface area (Å²) in [6, 6.07) is 0. The fraction of sp³-hybridized carbons (Fsp3) is 0.944. The third-order valence-corrected chi connectivity index (χ3v) is 4.80. The highest BCUT2D eigenvalue weighted by Crippen LogP contribution is 2.19. The fourth-order valence-corrected chi connectivity index (χ4v) is 3.04. The van der Waals surface area contributed by atoms with E-state index in [0.29, 0.717) is 0 Å². The van der Waals surface area contributed by atoms with Crippen molar-refractivity contribution in [1.29, 1.82) is 0 Å². The van der Waals surface area contributed by atoms with Crippen molar-refractivity contribution in [3.63, 3.8) is 0 Å². The second-order valence-corrected chi connectivity index (χ2v) is 7.37. The van der Waals surface area contributed by atoms with E-state index in [4.69, 9.17) is 0 Å². The lowest BCUT2D eigenvalue weighted by atomic mass is 9.98. The molecule has 1 heterocycles. The molecule has 0 aliphatic carbocycles. The van der Waals surface area contributed by atoms with Gasteiger partial charge in [-0.25, -0.2) is 0 Å². The van der Waals surface area contributed by atoms with E-state index < -0.39 is 0 Å². The SMILES string of the molecule is CCCCN(C)CCNC(=NC)NCC(C)(C)N1CCCCC1.I. The molecule has 0 radical (unpaired) electrons. The molecule has 0 unspecified atom stereocenters. The maximum absolute atomic E-state index is 4.35. The molecule has 0 saturated carbocycles. The number of guanidine groups is 1. The van der Waals surface area contributed by atoms with Crippen molar-refractivity contribution in [3.8, 4) is 0 Å². The van der Waals surface area contributed by atoms with Gasteiger partial charge in [-0.1, -0.05) is 19.8 Å². The summed E-state index contributed by atoms with van der Waals surface area (Å²) in [6.45, 7) is 13.4. The first-order chi connectivity index (χ1) is 11.0. The third kappa shape index (κ3) is 9.42. The number of likely N-dealkylation sites (tertiary alicyclic amines) is 1. The zero-order valence-electron chi connectivity index (χ0n) is 16.5. The lowest BCUT2D eigenvalue weighted by molar-refractivity contribution is 0.0982. The molecule has 1 fully saturated rings. The molecule has 1 rings (SSSR count). The number of unbranched alkanes of at least 4 members (excludes halogenated alkanes) is 1. The molecule has 1 saturated heterocycles. The summed E-state index contributed by atoms with van der Waals surface area (Å²) in [6.07, 6.45) is 6.58. The zero-order valence-corrected chi connectivity index (χ0v) is 18.9. The van der Waals surface area contributed by atoms with Gasteiger partial charge in [0.1, 0.15) is 0 Å². The van der Waals surface area contributed by atoms with Gasteiger partial charge in [0.05, 0.1) is 0 Å². The van der Waals surface area contributed by atoms with E-state index in [1.54, 1.807) is 0 Å². The normalized spacial score (nSPS) is 16.8. The monoisotopic (exact) mass is 453 g/mol. The predicted octanol–water partition coefficient (Wildman–Crippen LogP) is 2.77. The van der Waals surface area contributed by atoms with Crippen molar-refractivity contribution >= 4 is 29.9 Å². The van der Waals surface area contributed by atoms with E-state index in [9.17, 15) is 0 Å². The van der Waals surface area contributed by atoms with Crippen LogP contribution < -0.4 is 10.6 Å². The van der Waals surface area contributed by atoms with Crippen molar-refractivity contribution in [3.05, 3.63) is 0 Å². The molecule has 24 heavy (non-hydrogen) atoms. The van der Waals surface area contributed by atoms with E-state index in [1.807, 2.05) is 7.05 Å². The van der Waals surface area contributed by atoms with Crippen LogP contribution in [0.3, 0.4) is 0 Å². The Bertz CT molecular complexity index is 340. The fourth-order valence-electron chi connectivity index (χ4n) is 3.04. The summed E-state index contributed by atoms with van der Waals surface area (Å²) in [4.78, 5) is 9.34. The highest BCUT2D eigenvalue weighted by molar-refractivity contribution is 14.0. The highest BCUT2D eigenvalue weighted by atomic mass is 127. The number of halogens is 1. The molecular formula is C18H40IN5. The molecule has 0 amide bonds. The van der Waals surface area contributed by atoms with Crippen LogP contribution in [0.4, 0.5) is 0 Å². The maximum Gasteiger partial charge on any atom is 0.191 e. The molecule has 0 atom stereocenters. The average molecular weight is 453 g/mol. The Morgan fingerprint density at radius 3 is 2.38 bits per heavy atom. The van der Waals surface area contributed by atoms with Gasteiger partial charge in [0.15, 0.2) is 5.96 Å². The van der Waals surface area contributed by atoms with Crippen LogP contribution in [0.5, 0.6) is 0 Å². The lowest BCUT2D eigenvalue weighted by Crippen LogP contribution is -2.55. The summed E-state index contributed by atoms with van der Waals surface area (Å²) >= 11 is 0. The Morgan fingerprint density at radius 2 is 1.79 bits per heavy atom. The molecule has 1 aliphatic rings. The predicted molar refractivity (Wildman–Crippen MR) is 117 cm³/mol. The molecule has 1 aliphatic heterocycles. The second kappa shape index (κ2) is 13.2. The largest absolute Gasteiger partial charge is 0.355 e. The molecule has 0 aromatic heterocycles. The molecule has 0 aromatic carbocycles. The minimum absolute atomic E-state index is 0. The van der Waals surface area contributed by atoms with Gasteiger partial charge in [-0.2, -0.15) is 0 Å². The van der Waals surface area contributed by atoms with Crippen LogP contribution in [0.25, 0.3) is 0 Å². The standard InChI is InChI=1S/C18H39N5.HI/c1-6-7-12-22(5)15-11-20-17(19-4)21-16-18(2,3)23-13-9-8-10-14-23;/h6-16H2,1-5H3,(H2,19,20,21);1H. The van der Waals surface area contributed by atoms with E-state index >= 15 is 0 Å². The van der Waals surface area contributed by atoms with Gasteiger partial charge in [-0.3, -0.25) is 9.89 Å². The van der Waals surface area contributed by atoms with E-state index in [-0.39, 0.29) is 29.5 Å². The van der Waals surface area contributed by atoms with E-state index in [2.05, 4.69) is 53.2 Å². The Labute approximate surface area is 167 Å². The number of piperidine rings is 1. The summed E-state index contributed by atoms with van der Waals surface area (Å²) in [5, 5.41) is 6.93. The second-order valence-electron chi connectivity index (χ2n) is 7.37. The highest BCUT2D eigenvalue weighted by Gasteiger charge is 2.27. The first-order valence-corrected chi connectivity index (χ1v) is 9.37. The van der Waals surface area contributed by atoms with Gasteiger partial charge in [0.2, 0.25) is 0 Å². The number of hydrogen-bond donors (Lipinski definition) is 2. The molecule has 6 heteroatoms. The minimum Gasteiger partial charge on any atom is -0.355 e. The molecule has 2 N–H and O–H groups in total. The number of likely N-dealkylation sites (N-methyl/N-ethyl adjacent to an activating group) is 1. The van der Waals surface area contributed by atoms with Crippen LogP contribution in [0.15, 0.2) is 4.99 Å². The van der Waals surface area contributed by atoms with E-state index in [0.717, 1.165) is 25.6 Å². The molecule has 0 bridgehead atoms. The lowest BCUT2D eigenvalue weighted by Gasteiger charge is -2.41. The van der Waals surface area contributed by atoms with Crippen molar-refractivity contribution in [2.24, 2.45) is 4.99 Å². The molecular weight excluding hydrogens is 413 g/mol. The third-order valence-electron chi connectivity index (χ3n) is 4.80. The Kier molecular flexibility index (Phi) is 13.1. The van der Waals surface area contributed by atoms with Gasteiger partial charge in [0, 0.05) is 32.2 Å². The maximum atomic E-state index is 4.35. The number of nitrogens with zero attached hydrogens (tertiary/aromatic N) is 3. The van der Waals surface area contributed by atoms with Crippen LogP contribution in [0, 0.1) is 0 Å². The quantitative estimate of drug-likeness (QED) is 0.320. The Balaban J connectivity index is 0.00000529. The first-order valence-electron chi connectivity index (χ1n) is 9.37. The Morgan fingerprint density at radius 1 is 1.12 bits per heavy atom. The average Bonchev–Trinajstić information content (AvgIpc) is 2.56. The first kappa shape index (κ1) is 23.9. The zero-order chi connectivity index (χ0) is 17.1. The van der Waals surface area contributed by atoms with Gasteiger partial charge < -0.3 is 15.5 Å². The Hall–Kier alpha value is -0.0800. The summed E-state index contributed by atoms with van der Waals surface area (Å²) in [7, 11) is 4.04. The minimum atomic E-state index is 0.